The second-order valence-electron chi connectivity index (χ2n) is 5.45. The van der Waals surface area contributed by atoms with Gasteiger partial charge in [-0.25, -0.2) is 8.42 Å². The normalized spacial score (nSPS) is 24.2. The van der Waals surface area contributed by atoms with Gasteiger partial charge in [0.05, 0.1) is 22.9 Å². The smallest absolute Gasteiger partial charge is 0.178 e. The summed E-state index contributed by atoms with van der Waals surface area (Å²) in [4.78, 5) is 0.432. The Hall–Kier alpha value is -0.870. The van der Waals surface area contributed by atoms with Crippen molar-refractivity contribution >= 4 is 9.84 Å². The summed E-state index contributed by atoms with van der Waals surface area (Å²) in [5.74, 6) is 0.698. The lowest BCUT2D eigenvalue weighted by atomic mass is 9.97. The Balaban J connectivity index is 2.02. The third-order valence-electron chi connectivity index (χ3n) is 3.63. The van der Waals surface area contributed by atoms with Crippen molar-refractivity contribution in [2.75, 3.05) is 5.75 Å². The van der Waals surface area contributed by atoms with Crippen LogP contribution in [0.15, 0.2) is 29.2 Å². The summed E-state index contributed by atoms with van der Waals surface area (Å²) in [6, 6.07) is 7.30. The fourth-order valence-electron chi connectivity index (χ4n) is 2.51. The molecule has 2 rings (SSSR count). The molecule has 19 heavy (non-hydrogen) atoms. The quantitative estimate of drug-likeness (QED) is 0.754. The standard InChI is InChI=1S/C15H22O3S/c1-4-9-19(16,17)14-7-5-13(6-8-14)10-11(2)15-12(3)18-15/h5-8,11-12,15H,4,9-10H2,1-3H3. The Kier molecular flexibility index (Phi) is 4.31. The molecule has 0 bridgehead atoms. The van der Waals surface area contributed by atoms with Gasteiger partial charge in [0.2, 0.25) is 0 Å². The van der Waals surface area contributed by atoms with E-state index in [1.807, 2.05) is 19.1 Å². The van der Waals surface area contributed by atoms with Gasteiger partial charge in [-0.2, -0.15) is 0 Å². The topological polar surface area (TPSA) is 46.7 Å². The van der Waals surface area contributed by atoms with E-state index < -0.39 is 9.84 Å². The maximum atomic E-state index is 11.9. The summed E-state index contributed by atoms with van der Waals surface area (Å²) in [5, 5.41) is 0. The average Bonchev–Trinajstić information content (AvgIpc) is 3.07. The molecule has 1 fully saturated rings. The fourth-order valence-corrected chi connectivity index (χ4v) is 3.83. The van der Waals surface area contributed by atoms with Gasteiger partial charge in [-0.05, 0) is 43.4 Å². The molecular weight excluding hydrogens is 260 g/mol. The van der Waals surface area contributed by atoms with Crippen LogP contribution >= 0.6 is 0 Å². The highest BCUT2D eigenvalue weighted by atomic mass is 32.2. The van der Waals surface area contributed by atoms with Crippen molar-refractivity contribution in [3.05, 3.63) is 29.8 Å². The van der Waals surface area contributed by atoms with Crippen LogP contribution in [0.3, 0.4) is 0 Å². The molecule has 4 heteroatoms. The molecule has 106 valence electrons. The zero-order chi connectivity index (χ0) is 14.0. The van der Waals surface area contributed by atoms with E-state index in [1.54, 1.807) is 12.1 Å². The minimum absolute atomic E-state index is 0.218. The van der Waals surface area contributed by atoms with Crippen LogP contribution in [0.5, 0.6) is 0 Å². The van der Waals surface area contributed by atoms with Crippen molar-refractivity contribution in [3.63, 3.8) is 0 Å². The summed E-state index contributed by atoms with van der Waals surface area (Å²) >= 11 is 0. The molecule has 1 saturated heterocycles. The van der Waals surface area contributed by atoms with Crippen LogP contribution in [0, 0.1) is 5.92 Å². The van der Waals surface area contributed by atoms with Gasteiger partial charge in [0.25, 0.3) is 0 Å². The number of hydrogen-bond acceptors (Lipinski definition) is 3. The van der Waals surface area contributed by atoms with E-state index in [-0.39, 0.29) is 5.75 Å². The van der Waals surface area contributed by atoms with Crippen LogP contribution in [0.25, 0.3) is 0 Å². The van der Waals surface area contributed by atoms with Gasteiger partial charge in [-0.1, -0.05) is 26.0 Å². The highest BCUT2D eigenvalue weighted by Gasteiger charge is 2.38. The lowest BCUT2D eigenvalue weighted by molar-refractivity contribution is 0.328. The van der Waals surface area contributed by atoms with E-state index in [2.05, 4.69) is 13.8 Å². The molecule has 0 radical (unpaired) electrons. The second kappa shape index (κ2) is 5.63. The molecule has 0 aromatic heterocycles. The highest BCUT2D eigenvalue weighted by Crippen LogP contribution is 2.31. The van der Waals surface area contributed by atoms with Gasteiger partial charge in [-0.3, -0.25) is 0 Å². The van der Waals surface area contributed by atoms with Crippen molar-refractivity contribution in [2.45, 2.75) is 50.7 Å². The third kappa shape index (κ3) is 3.57. The predicted molar refractivity (Wildman–Crippen MR) is 76.0 cm³/mol. The molecule has 1 aliphatic rings. The molecule has 1 aromatic carbocycles. The van der Waals surface area contributed by atoms with Gasteiger partial charge >= 0.3 is 0 Å². The Morgan fingerprint density at radius 3 is 2.32 bits per heavy atom. The van der Waals surface area contributed by atoms with Crippen LogP contribution in [0.4, 0.5) is 0 Å². The van der Waals surface area contributed by atoms with Crippen molar-refractivity contribution in [3.8, 4) is 0 Å². The predicted octanol–water partition coefficient (Wildman–Crippen LogP) is 2.84. The van der Waals surface area contributed by atoms with E-state index in [0.29, 0.717) is 29.4 Å². The first-order chi connectivity index (χ1) is 8.94. The first kappa shape index (κ1) is 14.5. The van der Waals surface area contributed by atoms with E-state index >= 15 is 0 Å². The first-order valence-corrected chi connectivity index (χ1v) is 8.56. The van der Waals surface area contributed by atoms with Crippen LogP contribution in [0.2, 0.25) is 0 Å². The van der Waals surface area contributed by atoms with Gasteiger partial charge < -0.3 is 4.74 Å². The van der Waals surface area contributed by atoms with Crippen molar-refractivity contribution < 1.29 is 13.2 Å². The molecular formula is C15H22O3S. The fraction of sp³-hybridized carbons (Fsp3) is 0.600. The second-order valence-corrected chi connectivity index (χ2v) is 7.56. The third-order valence-corrected chi connectivity index (χ3v) is 5.57. The van der Waals surface area contributed by atoms with E-state index in [0.717, 1.165) is 6.42 Å². The van der Waals surface area contributed by atoms with Crippen LogP contribution in [-0.2, 0) is 21.0 Å². The van der Waals surface area contributed by atoms with Crippen molar-refractivity contribution in [2.24, 2.45) is 5.92 Å². The van der Waals surface area contributed by atoms with Gasteiger partial charge in [0.15, 0.2) is 9.84 Å². The number of sulfone groups is 1. The van der Waals surface area contributed by atoms with E-state index in [9.17, 15) is 8.42 Å². The number of benzene rings is 1. The molecule has 0 N–H and O–H groups in total. The van der Waals surface area contributed by atoms with E-state index in [4.69, 9.17) is 4.74 Å². The monoisotopic (exact) mass is 282 g/mol. The zero-order valence-corrected chi connectivity index (χ0v) is 12.6. The molecule has 1 aromatic rings. The first-order valence-electron chi connectivity index (χ1n) is 6.91. The Labute approximate surface area is 115 Å². The van der Waals surface area contributed by atoms with Crippen molar-refractivity contribution in [1.29, 1.82) is 0 Å². The summed E-state index contributed by atoms with van der Waals surface area (Å²) < 4.78 is 29.3. The molecule has 0 spiro atoms. The minimum Gasteiger partial charge on any atom is -0.370 e. The maximum absolute atomic E-state index is 11.9. The highest BCUT2D eigenvalue weighted by molar-refractivity contribution is 7.91. The number of ether oxygens (including phenoxy) is 1. The van der Waals surface area contributed by atoms with E-state index in [1.165, 1.54) is 5.56 Å². The number of hydrogen-bond donors (Lipinski definition) is 0. The maximum Gasteiger partial charge on any atom is 0.178 e. The van der Waals surface area contributed by atoms with Crippen molar-refractivity contribution in [1.82, 2.24) is 0 Å². The lowest BCUT2D eigenvalue weighted by Crippen LogP contribution is -2.09. The van der Waals surface area contributed by atoms with Gasteiger partial charge in [-0.15, -0.1) is 0 Å². The zero-order valence-electron chi connectivity index (χ0n) is 11.8. The molecule has 1 aliphatic heterocycles. The average molecular weight is 282 g/mol. The summed E-state index contributed by atoms with van der Waals surface area (Å²) in [5.41, 5.74) is 1.17. The largest absolute Gasteiger partial charge is 0.370 e. The molecule has 0 saturated carbocycles. The SMILES string of the molecule is CCCS(=O)(=O)c1ccc(CC(C)C2OC2C)cc1. The summed E-state index contributed by atoms with van der Waals surface area (Å²) in [6.07, 6.45) is 2.32. The molecule has 3 nitrogen and oxygen atoms in total. The lowest BCUT2D eigenvalue weighted by Gasteiger charge is -2.09. The van der Waals surface area contributed by atoms with Crippen LogP contribution in [-0.4, -0.2) is 26.4 Å². The summed E-state index contributed by atoms with van der Waals surface area (Å²) in [7, 11) is -3.09. The molecule has 3 atom stereocenters. The van der Waals surface area contributed by atoms with Gasteiger partial charge in [0.1, 0.15) is 0 Å². The molecule has 0 amide bonds. The molecule has 0 aliphatic carbocycles. The van der Waals surface area contributed by atoms with Crippen LogP contribution < -0.4 is 0 Å². The number of epoxide rings is 1. The Bertz CT molecular complexity index is 519. The number of rotatable bonds is 6. The van der Waals surface area contributed by atoms with Crippen LogP contribution in [0.1, 0.15) is 32.8 Å². The Morgan fingerprint density at radius 2 is 1.84 bits per heavy atom. The molecule has 3 unspecified atom stereocenters. The summed E-state index contributed by atoms with van der Waals surface area (Å²) in [6.45, 7) is 6.14. The van der Waals surface area contributed by atoms with Gasteiger partial charge in [0, 0.05) is 0 Å². The minimum atomic E-state index is -3.09. The molecule has 1 heterocycles. The Morgan fingerprint density at radius 1 is 1.26 bits per heavy atom.